The zero-order valence-corrected chi connectivity index (χ0v) is 12.0. The van der Waals surface area contributed by atoms with Gasteiger partial charge < -0.3 is 5.32 Å². The smallest absolute Gasteiger partial charge is 0.277 e. The molecule has 1 N–H and O–H groups in total. The lowest BCUT2D eigenvalue weighted by molar-refractivity contribution is -0.122. The number of hydrogen-bond acceptors (Lipinski definition) is 4. The third-order valence-electron chi connectivity index (χ3n) is 3.90. The van der Waals surface area contributed by atoms with Gasteiger partial charge in [0, 0.05) is 12.5 Å². The van der Waals surface area contributed by atoms with E-state index in [1.54, 1.807) is 18.2 Å². The summed E-state index contributed by atoms with van der Waals surface area (Å²) < 4.78 is 1.25. The van der Waals surface area contributed by atoms with Gasteiger partial charge in [0.05, 0.1) is 11.9 Å². The molecule has 1 aliphatic carbocycles. The summed E-state index contributed by atoms with van der Waals surface area (Å²) in [5.41, 5.74) is 0.370. The fraction of sp³-hybridized carbons (Fsp3) is 0.467. The van der Waals surface area contributed by atoms with E-state index in [-0.39, 0.29) is 30.5 Å². The third-order valence-corrected chi connectivity index (χ3v) is 3.90. The molecular formula is C15H18N4O2. The Morgan fingerprint density at radius 3 is 2.95 bits per heavy atom. The molecule has 1 aromatic heterocycles. The van der Waals surface area contributed by atoms with E-state index >= 15 is 0 Å². The SMILES string of the molecule is CC(NC(=O)CCn1nnc2ccccc2c1=O)C1CC1. The van der Waals surface area contributed by atoms with Gasteiger partial charge in [0.25, 0.3) is 5.56 Å². The highest BCUT2D eigenvalue weighted by molar-refractivity contribution is 5.77. The van der Waals surface area contributed by atoms with Crippen molar-refractivity contribution in [1.82, 2.24) is 20.3 Å². The average molecular weight is 286 g/mol. The Balaban J connectivity index is 1.66. The average Bonchev–Trinajstić information content (AvgIpc) is 3.31. The van der Waals surface area contributed by atoms with Crippen molar-refractivity contribution >= 4 is 16.8 Å². The fourth-order valence-corrected chi connectivity index (χ4v) is 2.42. The van der Waals surface area contributed by atoms with Crippen LogP contribution < -0.4 is 10.9 Å². The van der Waals surface area contributed by atoms with Crippen LogP contribution in [-0.4, -0.2) is 26.9 Å². The van der Waals surface area contributed by atoms with E-state index in [4.69, 9.17) is 0 Å². The summed E-state index contributed by atoms with van der Waals surface area (Å²) >= 11 is 0. The van der Waals surface area contributed by atoms with E-state index in [1.165, 1.54) is 17.5 Å². The molecule has 110 valence electrons. The zero-order chi connectivity index (χ0) is 14.8. The van der Waals surface area contributed by atoms with Crippen molar-refractivity contribution in [3.63, 3.8) is 0 Å². The third kappa shape index (κ3) is 3.09. The number of benzene rings is 1. The first kappa shape index (κ1) is 13.7. The monoisotopic (exact) mass is 286 g/mol. The van der Waals surface area contributed by atoms with Crippen LogP contribution in [0.15, 0.2) is 29.1 Å². The van der Waals surface area contributed by atoms with Gasteiger partial charge in [-0.1, -0.05) is 17.3 Å². The number of fused-ring (bicyclic) bond motifs is 1. The second-order valence-corrected chi connectivity index (χ2v) is 5.58. The van der Waals surface area contributed by atoms with Crippen LogP contribution in [0.25, 0.3) is 10.9 Å². The summed E-state index contributed by atoms with van der Waals surface area (Å²) in [6, 6.07) is 7.29. The molecule has 1 fully saturated rings. The van der Waals surface area contributed by atoms with Gasteiger partial charge in [0.15, 0.2) is 0 Å². The van der Waals surface area contributed by atoms with Gasteiger partial charge in [-0.25, -0.2) is 4.68 Å². The quantitative estimate of drug-likeness (QED) is 0.892. The lowest BCUT2D eigenvalue weighted by Crippen LogP contribution is -2.35. The predicted molar refractivity (Wildman–Crippen MR) is 78.7 cm³/mol. The summed E-state index contributed by atoms with van der Waals surface area (Å²) in [7, 11) is 0. The molecule has 21 heavy (non-hydrogen) atoms. The molecule has 0 aliphatic heterocycles. The van der Waals surface area contributed by atoms with Crippen molar-refractivity contribution in [3.8, 4) is 0 Å². The molecule has 0 saturated heterocycles. The molecule has 1 heterocycles. The van der Waals surface area contributed by atoms with E-state index < -0.39 is 0 Å². The molecule has 3 rings (SSSR count). The lowest BCUT2D eigenvalue weighted by Gasteiger charge is -2.12. The second kappa shape index (κ2) is 5.63. The number of rotatable bonds is 5. The first-order valence-electron chi connectivity index (χ1n) is 7.27. The molecule has 6 heteroatoms. The molecule has 0 bridgehead atoms. The maximum atomic E-state index is 12.2. The topological polar surface area (TPSA) is 76.9 Å². The largest absolute Gasteiger partial charge is 0.353 e. The number of carbonyl (C=O) groups is 1. The van der Waals surface area contributed by atoms with Crippen molar-refractivity contribution in [2.75, 3.05) is 0 Å². The van der Waals surface area contributed by atoms with Crippen molar-refractivity contribution in [2.45, 2.75) is 38.8 Å². The van der Waals surface area contributed by atoms with Crippen LogP contribution in [0.2, 0.25) is 0 Å². The minimum absolute atomic E-state index is 0.0451. The number of carbonyl (C=O) groups excluding carboxylic acids is 1. The van der Waals surface area contributed by atoms with Crippen LogP contribution in [0.4, 0.5) is 0 Å². The van der Waals surface area contributed by atoms with E-state index in [1.807, 2.05) is 13.0 Å². The summed E-state index contributed by atoms with van der Waals surface area (Å²) in [4.78, 5) is 24.1. The maximum absolute atomic E-state index is 12.2. The molecule has 1 aromatic carbocycles. The van der Waals surface area contributed by atoms with Gasteiger partial charge in [-0.2, -0.15) is 0 Å². The molecule has 6 nitrogen and oxygen atoms in total. The Hall–Kier alpha value is -2.24. The van der Waals surface area contributed by atoms with Gasteiger partial charge in [0.2, 0.25) is 5.91 Å². The Bertz CT molecular complexity index is 721. The Labute approximate surface area is 122 Å². The summed E-state index contributed by atoms with van der Waals surface area (Å²) in [5.74, 6) is 0.577. The van der Waals surface area contributed by atoms with Crippen LogP contribution in [0.1, 0.15) is 26.2 Å². The van der Waals surface area contributed by atoms with E-state index in [9.17, 15) is 9.59 Å². The van der Waals surface area contributed by atoms with E-state index in [0.29, 0.717) is 16.8 Å². The van der Waals surface area contributed by atoms with Crippen molar-refractivity contribution in [2.24, 2.45) is 5.92 Å². The van der Waals surface area contributed by atoms with Gasteiger partial charge in [-0.05, 0) is 37.8 Å². The van der Waals surface area contributed by atoms with Crippen LogP contribution in [0, 0.1) is 5.92 Å². The van der Waals surface area contributed by atoms with Crippen molar-refractivity contribution in [3.05, 3.63) is 34.6 Å². The van der Waals surface area contributed by atoms with Crippen molar-refractivity contribution < 1.29 is 4.79 Å². The van der Waals surface area contributed by atoms with E-state index in [0.717, 1.165) is 0 Å². The van der Waals surface area contributed by atoms with Gasteiger partial charge in [-0.15, -0.1) is 5.10 Å². The second-order valence-electron chi connectivity index (χ2n) is 5.58. The zero-order valence-electron chi connectivity index (χ0n) is 12.0. The number of nitrogens with one attached hydrogen (secondary N) is 1. The minimum atomic E-state index is -0.205. The fourth-order valence-electron chi connectivity index (χ4n) is 2.42. The number of hydrogen-bond donors (Lipinski definition) is 1. The number of amides is 1. The van der Waals surface area contributed by atoms with Gasteiger partial charge in [0.1, 0.15) is 5.52 Å². The Morgan fingerprint density at radius 2 is 2.19 bits per heavy atom. The van der Waals surface area contributed by atoms with Gasteiger partial charge in [-0.3, -0.25) is 9.59 Å². The van der Waals surface area contributed by atoms with Crippen molar-refractivity contribution in [1.29, 1.82) is 0 Å². The summed E-state index contributed by atoms with van der Waals surface area (Å²) in [6.07, 6.45) is 2.62. The first-order valence-corrected chi connectivity index (χ1v) is 7.27. The van der Waals surface area contributed by atoms with Crippen LogP contribution in [0.5, 0.6) is 0 Å². The minimum Gasteiger partial charge on any atom is -0.353 e. The standard InChI is InChI=1S/C15H18N4O2/c1-10(11-6-7-11)16-14(20)8-9-19-15(21)12-4-2-3-5-13(12)17-18-19/h2-5,10-11H,6-9H2,1H3,(H,16,20). The Morgan fingerprint density at radius 1 is 1.43 bits per heavy atom. The number of aryl methyl sites for hydroxylation is 1. The van der Waals surface area contributed by atoms with Gasteiger partial charge >= 0.3 is 0 Å². The number of aromatic nitrogens is 3. The maximum Gasteiger partial charge on any atom is 0.277 e. The normalized spacial score (nSPS) is 15.9. The highest BCUT2D eigenvalue weighted by atomic mass is 16.2. The van der Waals surface area contributed by atoms with Crippen LogP contribution in [0.3, 0.4) is 0 Å². The molecule has 1 unspecified atom stereocenters. The van der Waals surface area contributed by atoms with E-state index in [2.05, 4.69) is 15.6 Å². The Kier molecular flexibility index (Phi) is 3.68. The highest BCUT2D eigenvalue weighted by Gasteiger charge is 2.28. The number of nitrogens with zero attached hydrogens (tertiary/aromatic N) is 3. The molecule has 2 aromatic rings. The molecule has 1 amide bonds. The highest BCUT2D eigenvalue weighted by Crippen LogP contribution is 2.32. The molecule has 1 atom stereocenters. The first-order chi connectivity index (χ1) is 10.1. The molecule has 1 aliphatic rings. The molecule has 0 radical (unpaired) electrons. The predicted octanol–water partition coefficient (Wildman–Crippen LogP) is 1.10. The molecule has 0 spiro atoms. The van der Waals surface area contributed by atoms with Crippen LogP contribution >= 0.6 is 0 Å². The molecule has 1 saturated carbocycles. The summed E-state index contributed by atoms with van der Waals surface area (Å²) in [6.45, 7) is 2.28. The van der Waals surface area contributed by atoms with Crippen LogP contribution in [-0.2, 0) is 11.3 Å². The lowest BCUT2D eigenvalue weighted by atomic mass is 10.2. The summed E-state index contributed by atoms with van der Waals surface area (Å²) in [5, 5.41) is 11.4. The molecular weight excluding hydrogens is 268 g/mol.